The van der Waals surface area contributed by atoms with Crippen LogP contribution in [0.5, 0.6) is 0 Å². The van der Waals surface area contributed by atoms with Gasteiger partial charge in [-0.25, -0.2) is 0 Å². The van der Waals surface area contributed by atoms with Crippen LogP contribution in [0.1, 0.15) is 64.9 Å². The van der Waals surface area contributed by atoms with Crippen LogP contribution >= 0.6 is 12.2 Å². The van der Waals surface area contributed by atoms with E-state index in [4.69, 9.17) is 12.2 Å². The molecule has 0 aliphatic heterocycles. The van der Waals surface area contributed by atoms with Gasteiger partial charge in [0.25, 0.3) is 0 Å². The maximum absolute atomic E-state index is 13.3. The molecule has 0 heterocycles. The third-order valence-corrected chi connectivity index (χ3v) is 7.11. The third kappa shape index (κ3) is 3.17. The number of carbonyl (C=O) groups excluding carboxylic acids is 1. The molecule has 4 saturated carbocycles. The van der Waals surface area contributed by atoms with Crippen molar-refractivity contribution in [3.05, 3.63) is 35.9 Å². The second-order valence-corrected chi connectivity index (χ2v) is 10.8. The van der Waals surface area contributed by atoms with Crippen molar-refractivity contribution in [1.29, 1.82) is 0 Å². The Bertz CT molecular complexity index is 690. The molecule has 5 rings (SSSR count). The number of hydrogen-bond acceptors (Lipinski definition) is 2. The van der Waals surface area contributed by atoms with E-state index >= 15 is 0 Å². The highest BCUT2D eigenvalue weighted by molar-refractivity contribution is 7.80. The Kier molecular flexibility index (Phi) is 4.00. The standard InChI is InChI=1S/C22H30N2OS/c1-19-10-20(2)12-21(3,11-19)15-22(13-19,14-20)17(25)24-18(26)23-9-16-7-5-4-6-8-16/h4-8H,9-15H2,1-3H3,(H2,23,24,25,26). The zero-order valence-corrected chi connectivity index (χ0v) is 17.0. The molecule has 0 spiro atoms. The fourth-order valence-electron chi connectivity index (χ4n) is 7.59. The number of thiocarbonyl (C=S) groups is 1. The number of amides is 1. The summed E-state index contributed by atoms with van der Waals surface area (Å²) in [6.07, 6.45) is 6.83. The molecule has 140 valence electrons. The quantitative estimate of drug-likeness (QED) is 0.766. The molecule has 4 aliphatic rings. The third-order valence-electron chi connectivity index (χ3n) is 6.86. The highest BCUT2D eigenvalue weighted by Crippen LogP contribution is 2.73. The Hall–Kier alpha value is -1.42. The topological polar surface area (TPSA) is 41.1 Å². The predicted octanol–water partition coefficient (Wildman–Crippen LogP) is 4.56. The maximum atomic E-state index is 13.3. The van der Waals surface area contributed by atoms with Crippen molar-refractivity contribution < 1.29 is 4.79 Å². The van der Waals surface area contributed by atoms with Gasteiger partial charge in [-0.3, -0.25) is 4.79 Å². The average Bonchev–Trinajstić information content (AvgIpc) is 2.49. The molecule has 1 amide bonds. The van der Waals surface area contributed by atoms with Crippen molar-refractivity contribution in [2.24, 2.45) is 21.7 Å². The Balaban J connectivity index is 1.45. The molecule has 0 atom stereocenters. The fraction of sp³-hybridized carbons (Fsp3) is 0.636. The first-order valence-electron chi connectivity index (χ1n) is 9.77. The van der Waals surface area contributed by atoms with Crippen molar-refractivity contribution in [3.8, 4) is 0 Å². The predicted molar refractivity (Wildman–Crippen MR) is 108 cm³/mol. The molecule has 0 saturated heterocycles. The van der Waals surface area contributed by atoms with Crippen LogP contribution in [0.25, 0.3) is 0 Å². The molecule has 3 nitrogen and oxygen atoms in total. The Labute approximate surface area is 162 Å². The summed E-state index contributed by atoms with van der Waals surface area (Å²) in [5, 5.41) is 6.68. The van der Waals surface area contributed by atoms with Crippen molar-refractivity contribution in [1.82, 2.24) is 10.6 Å². The lowest BCUT2D eigenvalue weighted by Gasteiger charge is -2.68. The number of carbonyl (C=O) groups is 1. The fourth-order valence-corrected chi connectivity index (χ4v) is 7.76. The van der Waals surface area contributed by atoms with E-state index in [1.54, 1.807) is 0 Å². The molecule has 1 aromatic carbocycles. The maximum Gasteiger partial charge on any atom is 0.232 e. The molecular formula is C22H30N2OS. The normalized spacial score (nSPS) is 40.3. The van der Waals surface area contributed by atoms with Crippen LogP contribution in [0.2, 0.25) is 0 Å². The summed E-state index contributed by atoms with van der Waals surface area (Å²) in [5.74, 6) is 0.144. The van der Waals surface area contributed by atoms with Crippen LogP contribution in [0.4, 0.5) is 0 Å². The van der Waals surface area contributed by atoms with E-state index in [-0.39, 0.29) is 11.3 Å². The SMILES string of the molecule is CC12CC3(C)CC(C)(C1)CC(C(=O)NC(=S)NCc1ccccc1)(C2)C3. The first-order valence-corrected chi connectivity index (χ1v) is 10.2. The summed E-state index contributed by atoms with van der Waals surface area (Å²) < 4.78 is 0. The summed E-state index contributed by atoms with van der Waals surface area (Å²) >= 11 is 5.42. The van der Waals surface area contributed by atoms with Crippen LogP contribution < -0.4 is 10.6 Å². The van der Waals surface area contributed by atoms with Gasteiger partial charge in [0.1, 0.15) is 0 Å². The minimum atomic E-state index is -0.245. The van der Waals surface area contributed by atoms with Crippen LogP contribution in [-0.2, 0) is 11.3 Å². The molecule has 4 fully saturated rings. The first-order chi connectivity index (χ1) is 12.1. The smallest absolute Gasteiger partial charge is 0.232 e. The van der Waals surface area contributed by atoms with Gasteiger partial charge in [0.2, 0.25) is 5.91 Å². The van der Waals surface area contributed by atoms with Gasteiger partial charge >= 0.3 is 0 Å². The monoisotopic (exact) mass is 370 g/mol. The highest BCUT2D eigenvalue weighted by atomic mass is 32.1. The van der Waals surface area contributed by atoms with E-state index in [2.05, 4.69) is 43.5 Å². The summed E-state index contributed by atoms with van der Waals surface area (Å²) in [6, 6.07) is 10.1. The Morgan fingerprint density at radius 2 is 1.42 bits per heavy atom. The van der Waals surface area contributed by atoms with Crippen LogP contribution in [0.3, 0.4) is 0 Å². The Morgan fingerprint density at radius 3 is 1.92 bits per heavy atom. The molecule has 4 heteroatoms. The van der Waals surface area contributed by atoms with Crippen molar-refractivity contribution in [2.75, 3.05) is 0 Å². The van der Waals surface area contributed by atoms with E-state index in [0.717, 1.165) is 24.8 Å². The molecule has 4 aliphatic carbocycles. The summed E-state index contributed by atoms with van der Waals surface area (Å²) in [7, 11) is 0. The van der Waals surface area contributed by atoms with Gasteiger partial charge in [0, 0.05) is 6.54 Å². The van der Waals surface area contributed by atoms with Crippen molar-refractivity contribution >= 4 is 23.2 Å². The van der Waals surface area contributed by atoms with E-state index in [9.17, 15) is 4.79 Å². The van der Waals surface area contributed by atoms with E-state index in [0.29, 0.717) is 27.9 Å². The van der Waals surface area contributed by atoms with Crippen molar-refractivity contribution in [2.45, 2.75) is 65.8 Å². The number of hydrogen-bond donors (Lipinski definition) is 2. The minimum Gasteiger partial charge on any atom is -0.358 e. The van der Waals surface area contributed by atoms with Gasteiger partial charge in [-0.15, -0.1) is 0 Å². The number of benzene rings is 1. The molecule has 1 aromatic rings. The number of rotatable bonds is 3. The van der Waals surface area contributed by atoms with Crippen molar-refractivity contribution in [3.63, 3.8) is 0 Å². The number of nitrogens with one attached hydrogen (secondary N) is 2. The van der Waals surface area contributed by atoms with Crippen LogP contribution in [0.15, 0.2) is 30.3 Å². The van der Waals surface area contributed by atoms with Gasteiger partial charge < -0.3 is 10.6 Å². The van der Waals surface area contributed by atoms with Gasteiger partial charge in [0.15, 0.2) is 5.11 Å². The second-order valence-electron chi connectivity index (χ2n) is 10.4. The zero-order chi connectivity index (χ0) is 18.6. The molecule has 0 unspecified atom stereocenters. The summed E-state index contributed by atoms with van der Waals surface area (Å²) in [6.45, 7) is 7.83. The molecule has 0 aromatic heterocycles. The largest absolute Gasteiger partial charge is 0.358 e. The first kappa shape index (κ1) is 18.0. The molecular weight excluding hydrogens is 340 g/mol. The molecule has 2 N–H and O–H groups in total. The Morgan fingerprint density at radius 1 is 0.923 bits per heavy atom. The van der Waals surface area contributed by atoms with Crippen LogP contribution in [0, 0.1) is 21.7 Å². The zero-order valence-electron chi connectivity index (χ0n) is 16.2. The van der Waals surface area contributed by atoms with E-state index in [1.165, 1.54) is 19.3 Å². The lowest BCUT2D eigenvalue weighted by Crippen LogP contribution is -2.63. The minimum absolute atomic E-state index is 0.144. The molecule has 26 heavy (non-hydrogen) atoms. The average molecular weight is 371 g/mol. The summed E-state index contributed by atoms with van der Waals surface area (Å²) in [5.41, 5.74) is 1.82. The van der Waals surface area contributed by atoms with E-state index < -0.39 is 0 Å². The highest BCUT2D eigenvalue weighted by Gasteiger charge is 2.66. The lowest BCUT2D eigenvalue weighted by atomic mass is 9.36. The molecule has 4 bridgehead atoms. The summed E-state index contributed by atoms with van der Waals surface area (Å²) in [4.78, 5) is 13.3. The van der Waals surface area contributed by atoms with Gasteiger partial charge in [-0.2, -0.15) is 0 Å². The lowest BCUT2D eigenvalue weighted by molar-refractivity contribution is -0.190. The van der Waals surface area contributed by atoms with Gasteiger partial charge in [-0.05, 0) is 72.6 Å². The van der Waals surface area contributed by atoms with Gasteiger partial charge in [-0.1, -0.05) is 51.1 Å². The van der Waals surface area contributed by atoms with E-state index in [1.807, 2.05) is 18.2 Å². The van der Waals surface area contributed by atoms with Crippen LogP contribution in [-0.4, -0.2) is 11.0 Å². The second kappa shape index (κ2) is 5.79. The molecule has 0 radical (unpaired) electrons. The van der Waals surface area contributed by atoms with Gasteiger partial charge in [0.05, 0.1) is 5.41 Å².